The lowest BCUT2D eigenvalue weighted by atomic mass is 10.1. The molecule has 1 aromatic rings. The average molecular weight is 171 g/mol. The van der Waals surface area contributed by atoms with Gasteiger partial charge in [-0.3, -0.25) is 0 Å². The zero-order valence-electron chi connectivity index (χ0n) is 6.46. The molecule has 3 nitrogen and oxygen atoms in total. The predicted octanol–water partition coefficient (Wildman–Crippen LogP) is 0.964. The van der Waals surface area contributed by atoms with Crippen LogP contribution in [0.1, 0.15) is 5.56 Å². The van der Waals surface area contributed by atoms with Crippen molar-refractivity contribution >= 4 is 0 Å². The van der Waals surface area contributed by atoms with Gasteiger partial charge in [0.1, 0.15) is 11.6 Å². The number of phenols is 1. The molecule has 0 saturated carbocycles. The van der Waals surface area contributed by atoms with Crippen molar-refractivity contribution in [2.75, 3.05) is 6.61 Å². The third-order valence-electron chi connectivity index (χ3n) is 1.53. The van der Waals surface area contributed by atoms with Crippen LogP contribution in [0.2, 0.25) is 0 Å². The number of rotatable bonds is 3. The van der Waals surface area contributed by atoms with Crippen LogP contribution < -0.4 is 5.90 Å². The van der Waals surface area contributed by atoms with E-state index < -0.39 is 5.82 Å². The summed E-state index contributed by atoms with van der Waals surface area (Å²) in [6.07, 6.45) is 0.405. The predicted molar refractivity (Wildman–Crippen MR) is 41.9 cm³/mol. The lowest BCUT2D eigenvalue weighted by Gasteiger charge is -2.01. The Hall–Kier alpha value is -1.13. The Morgan fingerprint density at radius 2 is 2.25 bits per heavy atom. The quantitative estimate of drug-likeness (QED) is 0.666. The smallest absolute Gasteiger partial charge is 0.130 e. The zero-order chi connectivity index (χ0) is 8.97. The minimum absolute atomic E-state index is 0.0788. The van der Waals surface area contributed by atoms with Gasteiger partial charge in [0.2, 0.25) is 0 Å². The summed E-state index contributed by atoms with van der Waals surface area (Å²) in [5.41, 5.74) is 0.484. The van der Waals surface area contributed by atoms with Gasteiger partial charge in [0.05, 0.1) is 6.61 Å². The van der Waals surface area contributed by atoms with E-state index in [1.165, 1.54) is 12.1 Å². The van der Waals surface area contributed by atoms with Crippen molar-refractivity contribution in [3.63, 3.8) is 0 Å². The molecule has 0 atom stereocenters. The Morgan fingerprint density at radius 1 is 1.50 bits per heavy atom. The molecule has 1 aromatic carbocycles. The Morgan fingerprint density at radius 3 is 2.83 bits per heavy atom. The van der Waals surface area contributed by atoms with Crippen LogP contribution >= 0.6 is 0 Å². The van der Waals surface area contributed by atoms with Crippen molar-refractivity contribution in [2.24, 2.45) is 5.90 Å². The fourth-order valence-electron chi connectivity index (χ4n) is 0.908. The molecule has 0 bridgehead atoms. The SMILES string of the molecule is NOCCc1ccc(O)cc1F. The molecular formula is C8H10FNO2. The molecule has 0 aliphatic carbocycles. The summed E-state index contributed by atoms with van der Waals surface area (Å²) in [7, 11) is 0. The summed E-state index contributed by atoms with van der Waals surface area (Å²) in [5.74, 6) is 4.27. The fourth-order valence-corrected chi connectivity index (χ4v) is 0.908. The number of hydrogen-bond donors (Lipinski definition) is 2. The van der Waals surface area contributed by atoms with E-state index in [0.29, 0.717) is 12.0 Å². The minimum atomic E-state index is -0.438. The van der Waals surface area contributed by atoms with E-state index in [0.717, 1.165) is 6.07 Å². The van der Waals surface area contributed by atoms with Crippen LogP contribution in [0.5, 0.6) is 5.75 Å². The first-order valence-electron chi connectivity index (χ1n) is 3.53. The van der Waals surface area contributed by atoms with Gasteiger partial charge in [-0.1, -0.05) is 6.07 Å². The third kappa shape index (κ3) is 2.18. The Kier molecular flexibility index (Phi) is 3.01. The number of benzene rings is 1. The molecule has 0 aliphatic rings. The summed E-state index contributed by atoms with van der Waals surface area (Å²) in [6, 6.07) is 3.99. The highest BCUT2D eigenvalue weighted by atomic mass is 19.1. The molecule has 0 radical (unpaired) electrons. The number of phenolic OH excluding ortho intramolecular Hbond substituents is 1. The normalized spacial score (nSPS) is 10.2. The standard InChI is InChI=1S/C8H10FNO2/c9-8-5-7(11)2-1-6(8)3-4-12-10/h1-2,5,11H,3-4,10H2. The molecule has 0 aromatic heterocycles. The van der Waals surface area contributed by atoms with Gasteiger partial charge in [-0.15, -0.1) is 0 Å². The van der Waals surface area contributed by atoms with Gasteiger partial charge in [-0.05, 0) is 11.6 Å². The molecule has 0 unspecified atom stereocenters. The number of nitrogens with two attached hydrogens (primary N) is 1. The van der Waals surface area contributed by atoms with Crippen molar-refractivity contribution in [3.05, 3.63) is 29.6 Å². The first kappa shape index (κ1) is 8.96. The molecule has 0 saturated heterocycles. The van der Waals surface area contributed by atoms with E-state index in [2.05, 4.69) is 4.84 Å². The van der Waals surface area contributed by atoms with E-state index in [1.807, 2.05) is 0 Å². The maximum atomic E-state index is 12.9. The third-order valence-corrected chi connectivity index (χ3v) is 1.53. The van der Waals surface area contributed by atoms with Crippen LogP contribution in [-0.2, 0) is 11.3 Å². The molecule has 0 fully saturated rings. The molecule has 12 heavy (non-hydrogen) atoms. The second-order valence-electron chi connectivity index (χ2n) is 2.40. The second kappa shape index (κ2) is 4.04. The van der Waals surface area contributed by atoms with Crippen molar-refractivity contribution < 1.29 is 14.3 Å². The van der Waals surface area contributed by atoms with Crippen molar-refractivity contribution in [1.82, 2.24) is 0 Å². The van der Waals surface area contributed by atoms with Gasteiger partial charge < -0.3 is 9.94 Å². The van der Waals surface area contributed by atoms with Crippen molar-refractivity contribution in [3.8, 4) is 5.75 Å². The minimum Gasteiger partial charge on any atom is -0.508 e. The lowest BCUT2D eigenvalue weighted by molar-refractivity contribution is 0.140. The van der Waals surface area contributed by atoms with E-state index in [9.17, 15) is 4.39 Å². The maximum Gasteiger partial charge on any atom is 0.130 e. The highest BCUT2D eigenvalue weighted by molar-refractivity contribution is 5.27. The van der Waals surface area contributed by atoms with Gasteiger partial charge in [-0.2, -0.15) is 0 Å². The summed E-state index contributed by atoms with van der Waals surface area (Å²) in [4.78, 5) is 4.30. The van der Waals surface area contributed by atoms with Gasteiger partial charge in [0, 0.05) is 12.5 Å². The number of hydrogen-bond acceptors (Lipinski definition) is 3. The molecule has 4 heteroatoms. The maximum absolute atomic E-state index is 12.9. The van der Waals surface area contributed by atoms with Crippen LogP contribution in [0.3, 0.4) is 0 Å². The topological polar surface area (TPSA) is 55.5 Å². The molecule has 0 heterocycles. The van der Waals surface area contributed by atoms with E-state index in [1.54, 1.807) is 0 Å². The van der Waals surface area contributed by atoms with E-state index >= 15 is 0 Å². The molecule has 1 rings (SSSR count). The largest absolute Gasteiger partial charge is 0.508 e. The van der Waals surface area contributed by atoms with Crippen LogP contribution in [0.15, 0.2) is 18.2 Å². The van der Waals surface area contributed by atoms with E-state index in [4.69, 9.17) is 11.0 Å². The number of aromatic hydroxyl groups is 1. The van der Waals surface area contributed by atoms with Crippen LogP contribution in [0.25, 0.3) is 0 Å². The summed E-state index contributed by atoms with van der Waals surface area (Å²) in [6.45, 7) is 0.266. The molecule has 66 valence electrons. The van der Waals surface area contributed by atoms with Gasteiger partial charge in [-0.25, -0.2) is 10.3 Å². The lowest BCUT2D eigenvalue weighted by Crippen LogP contribution is -2.04. The molecule has 3 N–H and O–H groups in total. The zero-order valence-corrected chi connectivity index (χ0v) is 6.46. The number of halogens is 1. The summed E-state index contributed by atoms with van der Waals surface area (Å²) >= 11 is 0. The first-order chi connectivity index (χ1) is 5.74. The van der Waals surface area contributed by atoms with Crippen molar-refractivity contribution in [2.45, 2.75) is 6.42 Å². The van der Waals surface area contributed by atoms with Gasteiger partial charge in [0.15, 0.2) is 0 Å². The van der Waals surface area contributed by atoms with Gasteiger partial charge >= 0.3 is 0 Å². The van der Waals surface area contributed by atoms with Crippen LogP contribution in [-0.4, -0.2) is 11.7 Å². The Labute approximate surface area is 69.5 Å². The average Bonchev–Trinajstić information content (AvgIpc) is 2.03. The van der Waals surface area contributed by atoms with Gasteiger partial charge in [0.25, 0.3) is 0 Å². The molecular weight excluding hydrogens is 161 g/mol. The Bertz CT molecular complexity index is 265. The highest BCUT2D eigenvalue weighted by Crippen LogP contribution is 2.15. The Balaban J connectivity index is 2.72. The molecule has 0 aliphatic heterocycles. The molecule has 0 amide bonds. The molecule has 0 spiro atoms. The van der Waals surface area contributed by atoms with Crippen LogP contribution in [0, 0.1) is 5.82 Å². The summed E-state index contributed by atoms with van der Waals surface area (Å²) in [5, 5.41) is 8.87. The van der Waals surface area contributed by atoms with E-state index in [-0.39, 0.29) is 12.4 Å². The first-order valence-corrected chi connectivity index (χ1v) is 3.53. The highest BCUT2D eigenvalue weighted by Gasteiger charge is 2.01. The fraction of sp³-hybridized carbons (Fsp3) is 0.250. The monoisotopic (exact) mass is 171 g/mol. The van der Waals surface area contributed by atoms with Crippen molar-refractivity contribution in [1.29, 1.82) is 0 Å². The van der Waals surface area contributed by atoms with Crippen LogP contribution in [0.4, 0.5) is 4.39 Å². The summed E-state index contributed by atoms with van der Waals surface area (Å²) < 4.78 is 12.9. The second-order valence-corrected chi connectivity index (χ2v) is 2.40.